The molecule has 1 aromatic rings. The highest BCUT2D eigenvalue weighted by atomic mass is 19.1. The second-order valence-electron chi connectivity index (χ2n) is 5.05. The minimum atomic E-state index is -0.394. The lowest BCUT2D eigenvalue weighted by Crippen LogP contribution is -2.26. The molecule has 0 N–H and O–H groups in total. The van der Waals surface area contributed by atoms with Gasteiger partial charge in [-0.3, -0.25) is 4.79 Å². The summed E-state index contributed by atoms with van der Waals surface area (Å²) in [6.07, 6.45) is 3.96. The molecule has 0 saturated carbocycles. The molecule has 0 aliphatic carbocycles. The number of rotatable bonds is 7. The molecule has 2 rings (SSSR count). The van der Waals surface area contributed by atoms with Crippen LogP contribution in [0.3, 0.4) is 0 Å². The highest BCUT2D eigenvalue weighted by Gasteiger charge is 2.15. The van der Waals surface area contributed by atoms with Gasteiger partial charge < -0.3 is 14.2 Å². The van der Waals surface area contributed by atoms with Crippen LogP contribution >= 0.6 is 0 Å². The topological polar surface area (TPSA) is 44.8 Å². The van der Waals surface area contributed by atoms with E-state index in [0.29, 0.717) is 13.0 Å². The van der Waals surface area contributed by atoms with E-state index < -0.39 is 5.82 Å². The summed E-state index contributed by atoms with van der Waals surface area (Å²) in [7, 11) is 0. The third-order valence-electron chi connectivity index (χ3n) is 3.32. The lowest BCUT2D eigenvalue weighted by Gasteiger charge is -2.22. The van der Waals surface area contributed by atoms with Gasteiger partial charge in [0.15, 0.2) is 11.6 Å². The first kappa shape index (κ1) is 15.8. The highest BCUT2D eigenvalue weighted by Crippen LogP contribution is 2.16. The summed E-state index contributed by atoms with van der Waals surface area (Å²) >= 11 is 0. The van der Waals surface area contributed by atoms with E-state index in [2.05, 4.69) is 0 Å². The molecule has 1 heterocycles. The van der Waals surface area contributed by atoms with Gasteiger partial charge in [0.2, 0.25) is 0 Å². The van der Waals surface area contributed by atoms with Gasteiger partial charge in [0.05, 0.1) is 12.7 Å². The minimum absolute atomic E-state index is 0.0392. The molecular weight excluding hydrogens is 275 g/mol. The molecule has 116 valence electrons. The number of hydrogen-bond acceptors (Lipinski definition) is 4. The molecule has 1 saturated heterocycles. The number of ether oxygens (including phenoxy) is 3. The predicted octanol–water partition coefficient (Wildman–Crippen LogP) is 3.10. The summed E-state index contributed by atoms with van der Waals surface area (Å²) in [6.45, 7) is 1.36. The minimum Gasteiger partial charge on any atom is -0.491 e. The van der Waals surface area contributed by atoms with Crippen LogP contribution < -0.4 is 4.74 Å². The van der Waals surface area contributed by atoms with Crippen LogP contribution in [0.2, 0.25) is 0 Å². The Balaban J connectivity index is 1.56. The second kappa shape index (κ2) is 8.62. The molecule has 1 aliphatic heterocycles. The molecule has 4 nitrogen and oxygen atoms in total. The van der Waals surface area contributed by atoms with Gasteiger partial charge in [0, 0.05) is 13.0 Å². The van der Waals surface area contributed by atoms with Crippen molar-refractivity contribution in [2.24, 2.45) is 0 Å². The van der Waals surface area contributed by atoms with Crippen molar-refractivity contribution in [1.82, 2.24) is 0 Å². The van der Waals surface area contributed by atoms with Gasteiger partial charge in [-0.1, -0.05) is 12.1 Å². The van der Waals surface area contributed by atoms with Crippen LogP contribution in [0.5, 0.6) is 5.75 Å². The number of halogens is 1. The van der Waals surface area contributed by atoms with Crippen LogP contribution in [-0.2, 0) is 14.3 Å². The number of carbonyl (C=O) groups excluding carboxylic acids is 1. The van der Waals surface area contributed by atoms with E-state index in [1.54, 1.807) is 18.2 Å². The summed E-state index contributed by atoms with van der Waals surface area (Å²) in [5, 5.41) is 0. The summed E-state index contributed by atoms with van der Waals surface area (Å²) in [4.78, 5) is 11.6. The molecule has 0 aromatic heterocycles. The summed E-state index contributed by atoms with van der Waals surface area (Å²) in [6, 6.07) is 6.21. The number of esters is 1. The molecule has 1 fully saturated rings. The van der Waals surface area contributed by atoms with Crippen LogP contribution in [-0.4, -0.2) is 31.9 Å². The van der Waals surface area contributed by atoms with Gasteiger partial charge in [0.1, 0.15) is 6.61 Å². The van der Waals surface area contributed by atoms with E-state index in [0.717, 1.165) is 25.9 Å². The molecule has 0 spiro atoms. The molecule has 0 radical (unpaired) electrons. The van der Waals surface area contributed by atoms with E-state index in [1.165, 1.54) is 6.07 Å². The van der Waals surface area contributed by atoms with Crippen molar-refractivity contribution in [1.29, 1.82) is 0 Å². The lowest BCUT2D eigenvalue weighted by molar-refractivity contribution is -0.149. The Morgan fingerprint density at radius 3 is 2.95 bits per heavy atom. The van der Waals surface area contributed by atoms with Gasteiger partial charge in [-0.15, -0.1) is 0 Å². The van der Waals surface area contributed by atoms with E-state index >= 15 is 0 Å². The van der Waals surface area contributed by atoms with Crippen LogP contribution in [0.15, 0.2) is 24.3 Å². The van der Waals surface area contributed by atoms with Crippen molar-refractivity contribution in [3.8, 4) is 5.75 Å². The number of hydrogen-bond donors (Lipinski definition) is 0. The first-order valence-corrected chi connectivity index (χ1v) is 7.40. The molecule has 1 unspecified atom stereocenters. The van der Waals surface area contributed by atoms with Gasteiger partial charge in [0.25, 0.3) is 0 Å². The Labute approximate surface area is 124 Å². The number of benzene rings is 1. The van der Waals surface area contributed by atoms with Crippen LogP contribution in [0.1, 0.15) is 32.1 Å². The molecule has 1 aromatic carbocycles. The fourth-order valence-corrected chi connectivity index (χ4v) is 2.16. The fraction of sp³-hybridized carbons (Fsp3) is 0.562. The third kappa shape index (κ3) is 5.71. The fourth-order valence-electron chi connectivity index (χ4n) is 2.16. The lowest BCUT2D eigenvalue weighted by atomic mass is 10.1. The van der Waals surface area contributed by atoms with Crippen molar-refractivity contribution < 1.29 is 23.4 Å². The largest absolute Gasteiger partial charge is 0.491 e. The normalized spacial score (nSPS) is 18.2. The van der Waals surface area contributed by atoms with Crippen LogP contribution in [0.25, 0.3) is 0 Å². The Bertz CT molecular complexity index is 444. The van der Waals surface area contributed by atoms with Gasteiger partial charge >= 0.3 is 5.97 Å². The Morgan fingerprint density at radius 1 is 1.33 bits per heavy atom. The zero-order chi connectivity index (χ0) is 14.9. The monoisotopic (exact) mass is 296 g/mol. The average molecular weight is 296 g/mol. The smallest absolute Gasteiger partial charge is 0.306 e. The van der Waals surface area contributed by atoms with E-state index in [9.17, 15) is 9.18 Å². The average Bonchev–Trinajstić information content (AvgIpc) is 2.52. The zero-order valence-corrected chi connectivity index (χ0v) is 12.1. The third-order valence-corrected chi connectivity index (χ3v) is 3.32. The molecule has 21 heavy (non-hydrogen) atoms. The highest BCUT2D eigenvalue weighted by molar-refractivity contribution is 5.69. The quantitative estimate of drug-likeness (QED) is 0.573. The molecule has 1 aliphatic rings. The van der Waals surface area contributed by atoms with Crippen molar-refractivity contribution in [3.63, 3.8) is 0 Å². The van der Waals surface area contributed by atoms with Crippen molar-refractivity contribution in [2.45, 2.75) is 38.2 Å². The maximum Gasteiger partial charge on any atom is 0.306 e. The van der Waals surface area contributed by atoms with Crippen molar-refractivity contribution >= 4 is 5.97 Å². The number of para-hydroxylation sites is 1. The van der Waals surface area contributed by atoms with Crippen LogP contribution in [0, 0.1) is 5.82 Å². The first-order valence-electron chi connectivity index (χ1n) is 7.40. The maximum atomic E-state index is 13.3. The van der Waals surface area contributed by atoms with Gasteiger partial charge in [-0.05, 0) is 37.8 Å². The standard InChI is InChI=1S/C16H21FO4/c17-14-7-1-2-8-15(14)20-11-5-9-16(18)21-12-13-6-3-4-10-19-13/h1-2,7-8,13H,3-6,9-12H2. The summed E-state index contributed by atoms with van der Waals surface area (Å²) in [5.74, 6) is -0.447. The van der Waals surface area contributed by atoms with Crippen molar-refractivity contribution in [3.05, 3.63) is 30.1 Å². The van der Waals surface area contributed by atoms with E-state index in [1.807, 2.05) is 0 Å². The predicted molar refractivity (Wildman–Crippen MR) is 75.7 cm³/mol. The summed E-state index contributed by atoms with van der Waals surface area (Å²) < 4.78 is 29.2. The molecule has 5 heteroatoms. The van der Waals surface area contributed by atoms with E-state index in [4.69, 9.17) is 14.2 Å². The Morgan fingerprint density at radius 2 is 2.19 bits per heavy atom. The van der Waals surface area contributed by atoms with E-state index in [-0.39, 0.29) is 30.9 Å². The van der Waals surface area contributed by atoms with Crippen molar-refractivity contribution in [2.75, 3.05) is 19.8 Å². The molecule has 0 bridgehead atoms. The molecule has 1 atom stereocenters. The SMILES string of the molecule is O=C(CCCOc1ccccc1F)OCC1CCCCO1. The maximum absolute atomic E-state index is 13.3. The van der Waals surface area contributed by atoms with Gasteiger partial charge in [-0.25, -0.2) is 4.39 Å². The Kier molecular flexibility index (Phi) is 6.47. The number of carbonyl (C=O) groups is 1. The van der Waals surface area contributed by atoms with Crippen LogP contribution in [0.4, 0.5) is 4.39 Å². The first-order chi connectivity index (χ1) is 10.3. The summed E-state index contributed by atoms with van der Waals surface area (Å²) in [5.41, 5.74) is 0. The molecular formula is C16H21FO4. The Hall–Kier alpha value is -1.62. The van der Waals surface area contributed by atoms with Gasteiger partial charge in [-0.2, -0.15) is 0 Å². The molecule has 0 amide bonds. The second-order valence-corrected chi connectivity index (χ2v) is 5.05. The zero-order valence-electron chi connectivity index (χ0n) is 12.1.